The van der Waals surface area contributed by atoms with Crippen molar-refractivity contribution < 1.29 is 9.59 Å². The van der Waals surface area contributed by atoms with Gasteiger partial charge in [-0.05, 0) is 50.5 Å². The smallest absolute Gasteiger partial charge is 0.242 e. The lowest BCUT2D eigenvalue weighted by Crippen LogP contribution is -2.51. The van der Waals surface area contributed by atoms with Crippen molar-refractivity contribution in [3.8, 4) is 0 Å². The maximum Gasteiger partial charge on any atom is 0.242 e. The predicted molar refractivity (Wildman–Crippen MR) is 84.7 cm³/mol. The van der Waals surface area contributed by atoms with Gasteiger partial charge in [0, 0.05) is 20.0 Å². The summed E-state index contributed by atoms with van der Waals surface area (Å²) in [5.74, 6) is 1.11. The maximum absolute atomic E-state index is 12.5. The lowest BCUT2D eigenvalue weighted by Gasteiger charge is -2.35. The highest BCUT2D eigenvalue weighted by molar-refractivity contribution is 5.87. The molecule has 1 fully saturated rings. The van der Waals surface area contributed by atoms with E-state index in [1.54, 1.807) is 11.9 Å². The van der Waals surface area contributed by atoms with Crippen LogP contribution in [0.4, 0.5) is 0 Å². The second-order valence-electron chi connectivity index (χ2n) is 6.33. The number of carbonyl (C=O) groups excluding carboxylic acids is 2. The Balaban J connectivity index is 2.57. The number of rotatable bonds is 7. The molecule has 122 valence electrons. The minimum absolute atomic E-state index is 0.0367. The quantitative estimate of drug-likeness (QED) is 0.748. The summed E-state index contributed by atoms with van der Waals surface area (Å²) in [6.45, 7) is 5.74. The highest BCUT2D eigenvalue weighted by Crippen LogP contribution is 2.23. The molecule has 0 spiro atoms. The topological polar surface area (TPSA) is 75.4 Å². The highest BCUT2D eigenvalue weighted by atomic mass is 16.2. The summed E-state index contributed by atoms with van der Waals surface area (Å²) in [6, 6.07) is -0.275. The van der Waals surface area contributed by atoms with Crippen LogP contribution in [0.2, 0.25) is 0 Å². The van der Waals surface area contributed by atoms with E-state index in [1.807, 2.05) is 0 Å². The average Bonchev–Trinajstić information content (AvgIpc) is 2.50. The van der Waals surface area contributed by atoms with Crippen molar-refractivity contribution in [2.75, 3.05) is 20.1 Å². The molecular weight excluding hydrogens is 266 g/mol. The van der Waals surface area contributed by atoms with Crippen molar-refractivity contribution in [1.29, 1.82) is 0 Å². The van der Waals surface area contributed by atoms with Gasteiger partial charge >= 0.3 is 0 Å². The molecule has 1 rings (SSSR count). The van der Waals surface area contributed by atoms with Crippen LogP contribution < -0.4 is 11.1 Å². The highest BCUT2D eigenvalue weighted by Gasteiger charge is 2.31. The zero-order valence-electron chi connectivity index (χ0n) is 13.7. The predicted octanol–water partition coefficient (Wildman–Crippen LogP) is 1.51. The SMILES string of the molecule is CNC(=O)C1CCCCN1C(=O)CCC(CCN)C(C)C. The molecule has 0 aromatic heterocycles. The van der Waals surface area contributed by atoms with Gasteiger partial charge in [-0.3, -0.25) is 9.59 Å². The molecule has 0 radical (unpaired) electrons. The van der Waals surface area contributed by atoms with Crippen LogP contribution in [0.5, 0.6) is 0 Å². The maximum atomic E-state index is 12.5. The zero-order chi connectivity index (χ0) is 15.8. The molecule has 0 saturated carbocycles. The molecule has 3 N–H and O–H groups in total. The van der Waals surface area contributed by atoms with Crippen LogP contribution in [0.3, 0.4) is 0 Å². The fourth-order valence-electron chi connectivity index (χ4n) is 3.15. The van der Waals surface area contributed by atoms with Crippen LogP contribution in [0.1, 0.15) is 52.4 Å². The zero-order valence-corrected chi connectivity index (χ0v) is 13.7. The first-order valence-corrected chi connectivity index (χ1v) is 8.22. The molecule has 0 aromatic carbocycles. The molecule has 2 unspecified atom stereocenters. The number of amides is 2. The Bertz CT molecular complexity index is 344. The van der Waals surface area contributed by atoms with E-state index < -0.39 is 0 Å². The summed E-state index contributed by atoms with van der Waals surface area (Å²) in [6.07, 6.45) is 5.14. The summed E-state index contributed by atoms with van der Waals surface area (Å²) in [5.41, 5.74) is 5.65. The van der Waals surface area contributed by atoms with Gasteiger partial charge in [-0.15, -0.1) is 0 Å². The monoisotopic (exact) mass is 297 g/mol. The molecular formula is C16H31N3O2. The molecule has 1 aliphatic rings. The summed E-state index contributed by atoms with van der Waals surface area (Å²) < 4.78 is 0. The number of likely N-dealkylation sites (tertiary alicyclic amines) is 1. The fourth-order valence-corrected chi connectivity index (χ4v) is 3.15. The molecule has 1 aliphatic heterocycles. The third kappa shape index (κ3) is 5.30. The van der Waals surface area contributed by atoms with Gasteiger partial charge in [0.15, 0.2) is 0 Å². The van der Waals surface area contributed by atoms with E-state index in [0.717, 1.165) is 32.1 Å². The standard InChI is InChI=1S/C16H31N3O2/c1-12(2)13(9-10-17)7-8-15(20)19-11-5-4-6-14(19)16(21)18-3/h12-14H,4-11,17H2,1-3H3,(H,18,21). The van der Waals surface area contributed by atoms with Crippen molar-refractivity contribution >= 4 is 11.8 Å². The molecule has 21 heavy (non-hydrogen) atoms. The second kappa shape index (κ2) is 9.03. The second-order valence-corrected chi connectivity index (χ2v) is 6.33. The first-order chi connectivity index (χ1) is 10.0. The number of nitrogens with one attached hydrogen (secondary N) is 1. The van der Waals surface area contributed by atoms with Crippen LogP contribution in [-0.2, 0) is 9.59 Å². The van der Waals surface area contributed by atoms with E-state index >= 15 is 0 Å². The Morgan fingerprint density at radius 2 is 2.00 bits per heavy atom. The van der Waals surface area contributed by atoms with E-state index in [9.17, 15) is 9.59 Å². The van der Waals surface area contributed by atoms with Crippen molar-refractivity contribution in [3.63, 3.8) is 0 Å². The Labute approximate surface area is 128 Å². The Kier molecular flexibility index (Phi) is 7.72. The van der Waals surface area contributed by atoms with E-state index in [4.69, 9.17) is 5.73 Å². The Morgan fingerprint density at radius 3 is 2.57 bits per heavy atom. The first-order valence-electron chi connectivity index (χ1n) is 8.22. The molecule has 0 aromatic rings. The van der Waals surface area contributed by atoms with Crippen molar-refractivity contribution in [2.24, 2.45) is 17.6 Å². The van der Waals surface area contributed by atoms with Gasteiger partial charge in [-0.2, -0.15) is 0 Å². The largest absolute Gasteiger partial charge is 0.357 e. The van der Waals surface area contributed by atoms with E-state index in [2.05, 4.69) is 19.2 Å². The minimum Gasteiger partial charge on any atom is -0.357 e. The van der Waals surface area contributed by atoms with Gasteiger partial charge in [0.05, 0.1) is 0 Å². The van der Waals surface area contributed by atoms with Crippen LogP contribution in [0.15, 0.2) is 0 Å². The molecule has 5 heteroatoms. The normalized spacial score (nSPS) is 20.4. The fraction of sp³-hybridized carbons (Fsp3) is 0.875. The van der Waals surface area contributed by atoms with Crippen LogP contribution in [-0.4, -0.2) is 42.9 Å². The molecule has 2 atom stereocenters. The number of nitrogens with zero attached hydrogens (tertiary/aromatic N) is 1. The molecule has 5 nitrogen and oxygen atoms in total. The lowest BCUT2D eigenvalue weighted by atomic mass is 9.88. The number of hydrogen-bond acceptors (Lipinski definition) is 3. The third-order valence-corrected chi connectivity index (χ3v) is 4.58. The van der Waals surface area contributed by atoms with Crippen molar-refractivity contribution in [3.05, 3.63) is 0 Å². The van der Waals surface area contributed by atoms with Gasteiger partial charge in [0.2, 0.25) is 11.8 Å². The minimum atomic E-state index is -0.275. The average molecular weight is 297 g/mol. The van der Waals surface area contributed by atoms with Crippen LogP contribution >= 0.6 is 0 Å². The Morgan fingerprint density at radius 1 is 1.29 bits per heavy atom. The van der Waals surface area contributed by atoms with Gasteiger partial charge in [-0.25, -0.2) is 0 Å². The Hall–Kier alpha value is -1.10. The van der Waals surface area contributed by atoms with Crippen molar-refractivity contribution in [2.45, 2.75) is 58.4 Å². The number of likely N-dealkylation sites (N-methyl/N-ethyl adjacent to an activating group) is 1. The number of nitrogens with two attached hydrogens (primary N) is 1. The number of piperidine rings is 1. The molecule has 0 bridgehead atoms. The van der Waals surface area contributed by atoms with E-state index in [0.29, 0.717) is 31.3 Å². The van der Waals surface area contributed by atoms with Crippen molar-refractivity contribution in [1.82, 2.24) is 10.2 Å². The summed E-state index contributed by atoms with van der Waals surface area (Å²) >= 11 is 0. The van der Waals surface area contributed by atoms with Gasteiger partial charge < -0.3 is 16.0 Å². The lowest BCUT2D eigenvalue weighted by molar-refractivity contribution is -0.142. The molecule has 1 heterocycles. The van der Waals surface area contributed by atoms with Crippen LogP contribution in [0.25, 0.3) is 0 Å². The summed E-state index contributed by atoms with van der Waals surface area (Å²) in [4.78, 5) is 26.2. The summed E-state index contributed by atoms with van der Waals surface area (Å²) in [5, 5.41) is 2.67. The first kappa shape index (κ1) is 18.0. The van der Waals surface area contributed by atoms with Crippen LogP contribution in [0, 0.1) is 11.8 Å². The van der Waals surface area contributed by atoms with Gasteiger partial charge in [-0.1, -0.05) is 13.8 Å². The number of hydrogen-bond donors (Lipinski definition) is 2. The molecule has 1 saturated heterocycles. The summed E-state index contributed by atoms with van der Waals surface area (Å²) in [7, 11) is 1.63. The molecule has 2 amide bonds. The number of carbonyl (C=O) groups is 2. The third-order valence-electron chi connectivity index (χ3n) is 4.58. The van der Waals surface area contributed by atoms with E-state index in [1.165, 1.54) is 0 Å². The van der Waals surface area contributed by atoms with Gasteiger partial charge in [0.25, 0.3) is 0 Å². The van der Waals surface area contributed by atoms with E-state index in [-0.39, 0.29) is 17.9 Å². The van der Waals surface area contributed by atoms with Gasteiger partial charge in [0.1, 0.15) is 6.04 Å². The molecule has 0 aliphatic carbocycles.